The summed E-state index contributed by atoms with van der Waals surface area (Å²) in [6.07, 6.45) is 0.669. The smallest absolute Gasteiger partial charge is 0.322 e. The molecule has 1 aliphatic rings. The number of hydrogen-bond acceptors (Lipinski definition) is 4. The molecule has 0 fully saturated rings. The zero-order valence-electron chi connectivity index (χ0n) is 14.8. The summed E-state index contributed by atoms with van der Waals surface area (Å²) >= 11 is 0. The van der Waals surface area contributed by atoms with E-state index in [0.29, 0.717) is 30.2 Å². The molecule has 0 saturated carbocycles. The quantitative estimate of drug-likeness (QED) is 0.880. The van der Waals surface area contributed by atoms with Crippen molar-refractivity contribution in [3.05, 3.63) is 53.3 Å². The third-order valence-corrected chi connectivity index (χ3v) is 4.56. The van der Waals surface area contributed by atoms with E-state index in [-0.39, 0.29) is 18.6 Å². The van der Waals surface area contributed by atoms with Crippen LogP contribution >= 0.6 is 0 Å². The van der Waals surface area contributed by atoms with Crippen LogP contribution in [0.25, 0.3) is 0 Å². The van der Waals surface area contributed by atoms with Crippen molar-refractivity contribution in [3.63, 3.8) is 0 Å². The average molecular weight is 359 g/mol. The highest BCUT2D eigenvalue weighted by atomic mass is 19.1. The van der Waals surface area contributed by atoms with Crippen LogP contribution in [-0.2, 0) is 6.42 Å². The number of nitrogens with two attached hydrogens (primary N) is 1. The van der Waals surface area contributed by atoms with E-state index >= 15 is 0 Å². The van der Waals surface area contributed by atoms with E-state index in [0.717, 1.165) is 11.1 Å². The second-order valence-electron chi connectivity index (χ2n) is 6.04. The van der Waals surface area contributed by atoms with Gasteiger partial charge in [0.2, 0.25) is 0 Å². The lowest BCUT2D eigenvalue weighted by Crippen LogP contribution is -2.45. The number of nitrogens with one attached hydrogen (secondary N) is 1. The van der Waals surface area contributed by atoms with Gasteiger partial charge in [0, 0.05) is 18.8 Å². The molecular weight excluding hydrogens is 337 g/mol. The molecule has 7 heteroatoms. The molecule has 6 nitrogen and oxygen atoms in total. The number of halogens is 1. The number of ether oxygens (including phenoxy) is 2. The number of amides is 2. The van der Waals surface area contributed by atoms with Crippen molar-refractivity contribution in [1.29, 1.82) is 0 Å². The molecule has 0 unspecified atom stereocenters. The van der Waals surface area contributed by atoms with Crippen LogP contribution in [0.3, 0.4) is 0 Å². The molecule has 3 N–H and O–H groups in total. The van der Waals surface area contributed by atoms with Gasteiger partial charge in [0.25, 0.3) is 0 Å². The molecule has 2 aromatic carbocycles. The van der Waals surface area contributed by atoms with Gasteiger partial charge in [0.15, 0.2) is 11.5 Å². The van der Waals surface area contributed by atoms with Crippen LogP contribution in [0.1, 0.15) is 17.2 Å². The lowest BCUT2D eigenvalue weighted by atomic mass is 9.92. The van der Waals surface area contributed by atoms with Crippen molar-refractivity contribution in [3.8, 4) is 11.5 Å². The molecule has 1 atom stereocenters. The summed E-state index contributed by atoms with van der Waals surface area (Å²) in [5.41, 5.74) is 8.39. The lowest BCUT2D eigenvalue weighted by Gasteiger charge is -2.37. The molecule has 2 aromatic rings. The summed E-state index contributed by atoms with van der Waals surface area (Å²) in [4.78, 5) is 14.4. The van der Waals surface area contributed by atoms with E-state index in [1.54, 1.807) is 31.3 Å². The summed E-state index contributed by atoms with van der Waals surface area (Å²) in [6, 6.07) is 8.99. The van der Waals surface area contributed by atoms with E-state index in [9.17, 15) is 9.18 Å². The van der Waals surface area contributed by atoms with Crippen molar-refractivity contribution in [1.82, 2.24) is 4.90 Å². The second-order valence-corrected chi connectivity index (χ2v) is 6.04. The minimum atomic E-state index is -0.404. The zero-order valence-corrected chi connectivity index (χ0v) is 14.8. The monoisotopic (exact) mass is 359 g/mol. The van der Waals surface area contributed by atoms with Gasteiger partial charge in [0.1, 0.15) is 5.82 Å². The van der Waals surface area contributed by atoms with E-state index in [1.165, 1.54) is 12.1 Å². The number of benzene rings is 2. The van der Waals surface area contributed by atoms with Gasteiger partial charge in [-0.25, -0.2) is 9.18 Å². The van der Waals surface area contributed by atoms with Crippen LogP contribution in [0.2, 0.25) is 0 Å². The maximum absolute atomic E-state index is 13.3. The summed E-state index contributed by atoms with van der Waals surface area (Å²) in [5.74, 6) is 0.843. The van der Waals surface area contributed by atoms with Crippen LogP contribution in [0, 0.1) is 5.82 Å². The Morgan fingerprint density at radius 2 is 2.00 bits per heavy atom. The highest BCUT2D eigenvalue weighted by molar-refractivity contribution is 5.89. The molecule has 2 amide bonds. The average Bonchev–Trinajstić information content (AvgIpc) is 2.65. The fraction of sp³-hybridized carbons (Fsp3) is 0.316. The molecule has 0 aromatic heterocycles. The Morgan fingerprint density at radius 1 is 1.27 bits per heavy atom. The number of methoxy groups -OCH3 is 2. The van der Waals surface area contributed by atoms with Gasteiger partial charge in [-0.15, -0.1) is 0 Å². The standard InChI is InChI=1S/C19H22FN3O3/c1-25-17-8-12-6-7-23(16(11-21)15(12)10-18(17)26-2)19(24)22-14-5-3-4-13(20)9-14/h3-5,8-10,16H,6-7,11,21H2,1-2H3,(H,22,24)/t16-/m1/s1. The molecule has 26 heavy (non-hydrogen) atoms. The first-order valence-electron chi connectivity index (χ1n) is 8.35. The normalized spacial score (nSPS) is 16.0. The Hall–Kier alpha value is -2.80. The fourth-order valence-corrected chi connectivity index (χ4v) is 3.29. The van der Waals surface area contributed by atoms with Gasteiger partial charge in [-0.05, 0) is 47.9 Å². The van der Waals surface area contributed by atoms with Crippen LogP contribution in [0.4, 0.5) is 14.9 Å². The molecule has 0 aliphatic carbocycles. The van der Waals surface area contributed by atoms with Crippen molar-refractivity contribution < 1.29 is 18.7 Å². The van der Waals surface area contributed by atoms with Crippen LogP contribution < -0.4 is 20.5 Å². The zero-order chi connectivity index (χ0) is 18.7. The third-order valence-electron chi connectivity index (χ3n) is 4.56. The molecule has 0 spiro atoms. The summed E-state index contributed by atoms with van der Waals surface area (Å²) in [6.45, 7) is 0.768. The first kappa shape index (κ1) is 18.0. The number of hydrogen-bond donors (Lipinski definition) is 2. The first-order valence-corrected chi connectivity index (χ1v) is 8.35. The van der Waals surface area contributed by atoms with E-state index in [2.05, 4.69) is 5.32 Å². The Morgan fingerprint density at radius 3 is 2.65 bits per heavy atom. The van der Waals surface area contributed by atoms with Crippen molar-refractivity contribution in [2.75, 3.05) is 32.6 Å². The van der Waals surface area contributed by atoms with E-state index in [1.807, 2.05) is 12.1 Å². The summed E-state index contributed by atoms with van der Waals surface area (Å²) in [5, 5.41) is 2.73. The third kappa shape index (κ3) is 3.43. The minimum absolute atomic E-state index is 0.263. The summed E-state index contributed by atoms with van der Waals surface area (Å²) in [7, 11) is 3.16. The van der Waals surface area contributed by atoms with Crippen molar-refractivity contribution >= 4 is 11.7 Å². The Balaban J connectivity index is 1.87. The molecular formula is C19H22FN3O3. The fourth-order valence-electron chi connectivity index (χ4n) is 3.29. The van der Waals surface area contributed by atoms with Gasteiger partial charge in [-0.1, -0.05) is 6.07 Å². The number of carbonyl (C=O) groups excluding carboxylic acids is 1. The maximum Gasteiger partial charge on any atom is 0.322 e. The highest BCUT2D eigenvalue weighted by Crippen LogP contribution is 2.37. The Bertz CT molecular complexity index is 813. The van der Waals surface area contributed by atoms with Crippen LogP contribution in [0.15, 0.2) is 36.4 Å². The lowest BCUT2D eigenvalue weighted by molar-refractivity contribution is 0.184. The van der Waals surface area contributed by atoms with E-state index < -0.39 is 5.82 Å². The van der Waals surface area contributed by atoms with Gasteiger partial charge < -0.3 is 25.4 Å². The number of anilines is 1. The first-order chi connectivity index (χ1) is 12.6. The van der Waals surface area contributed by atoms with Gasteiger partial charge in [0.05, 0.1) is 20.3 Å². The van der Waals surface area contributed by atoms with Gasteiger partial charge >= 0.3 is 6.03 Å². The number of nitrogens with zero attached hydrogens (tertiary/aromatic N) is 1. The van der Waals surface area contributed by atoms with Crippen molar-refractivity contribution in [2.24, 2.45) is 5.73 Å². The van der Waals surface area contributed by atoms with Crippen molar-refractivity contribution in [2.45, 2.75) is 12.5 Å². The molecule has 0 bridgehead atoms. The minimum Gasteiger partial charge on any atom is -0.493 e. The number of rotatable bonds is 4. The largest absolute Gasteiger partial charge is 0.493 e. The topological polar surface area (TPSA) is 76.8 Å². The van der Waals surface area contributed by atoms with Gasteiger partial charge in [-0.2, -0.15) is 0 Å². The Kier molecular flexibility index (Phi) is 5.27. The van der Waals surface area contributed by atoms with Crippen LogP contribution in [-0.4, -0.2) is 38.2 Å². The molecule has 138 valence electrons. The molecule has 1 heterocycles. The Labute approximate surface area is 151 Å². The number of fused-ring (bicyclic) bond motifs is 1. The second kappa shape index (κ2) is 7.61. The predicted molar refractivity (Wildman–Crippen MR) is 97.2 cm³/mol. The maximum atomic E-state index is 13.3. The molecule has 3 rings (SSSR count). The molecule has 1 aliphatic heterocycles. The van der Waals surface area contributed by atoms with Gasteiger partial charge in [-0.3, -0.25) is 0 Å². The highest BCUT2D eigenvalue weighted by Gasteiger charge is 2.31. The SMILES string of the molecule is COc1cc2c(cc1OC)[C@@H](CN)N(C(=O)Nc1cccc(F)c1)CC2. The number of carbonyl (C=O) groups is 1. The molecule has 0 radical (unpaired) electrons. The van der Waals surface area contributed by atoms with Crippen LogP contribution in [0.5, 0.6) is 11.5 Å². The van der Waals surface area contributed by atoms with E-state index in [4.69, 9.17) is 15.2 Å². The predicted octanol–water partition coefficient (Wildman–Crippen LogP) is 2.93. The number of urea groups is 1. The molecule has 0 saturated heterocycles. The summed E-state index contributed by atoms with van der Waals surface area (Å²) < 4.78 is 24.1.